The van der Waals surface area contributed by atoms with Gasteiger partial charge in [-0.3, -0.25) is 9.63 Å². The Labute approximate surface area is 94.6 Å². The second kappa shape index (κ2) is 6.02. The van der Waals surface area contributed by atoms with Gasteiger partial charge in [-0.25, -0.2) is 5.48 Å². The molecule has 0 atom stereocenters. The van der Waals surface area contributed by atoms with E-state index in [1.807, 2.05) is 12.1 Å². The predicted molar refractivity (Wildman–Crippen MR) is 59.9 cm³/mol. The summed E-state index contributed by atoms with van der Waals surface area (Å²) in [5.74, 6) is -0.109. The highest BCUT2D eigenvalue weighted by atomic mass is 16.6. The molecule has 0 saturated heterocycles. The van der Waals surface area contributed by atoms with Gasteiger partial charge in [-0.2, -0.15) is 0 Å². The Kier molecular flexibility index (Phi) is 4.66. The van der Waals surface area contributed by atoms with E-state index >= 15 is 0 Å². The zero-order valence-corrected chi connectivity index (χ0v) is 9.45. The Morgan fingerprint density at radius 3 is 2.38 bits per heavy atom. The van der Waals surface area contributed by atoms with Gasteiger partial charge in [0.2, 0.25) is 0 Å². The topological polar surface area (TPSA) is 55.4 Å². The number of carbonyl (C=O) groups is 2. The molecule has 0 radical (unpaired) electrons. The van der Waals surface area contributed by atoms with Crippen LogP contribution in [-0.4, -0.2) is 18.8 Å². The number of hydrogen-bond donors (Lipinski definition) is 1. The molecule has 0 bridgehead atoms. The molecule has 0 heterocycles. The first-order valence-electron chi connectivity index (χ1n) is 5.05. The summed E-state index contributed by atoms with van der Waals surface area (Å²) in [6, 6.07) is 7.11. The maximum Gasteiger partial charge on any atom is 0.274 e. The molecule has 1 N–H and O–H groups in total. The Morgan fingerprint density at radius 1 is 1.25 bits per heavy atom. The third-order valence-electron chi connectivity index (χ3n) is 2.18. The summed E-state index contributed by atoms with van der Waals surface area (Å²) in [6.07, 6.45) is 1.24. The molecule has 1 rings (SSSR count). The first-order chi connectivity index (χ1) is 7.63. The number of carbonyl (C=O) groups excluding carboxylic acids is 2. The van der Waals surface area contributed by atoms with Crippen LogP contribution in [0.2, 0.25) is 0 Å². The summed E-state index contributed by atoms with van der Waals surface area (Å²) in [5, 5.41) is 0. The van der Waals surface area contributed by atoms with E-state index in [0.717, 1.165) is 5.56 Å². The third-order valence-corrected chi connectivity index (χ3v) is 2.18. The monoisotopic (exact) mass is 221 g/mol. The van der Waals surface area contributed by atoms with E-state index < -0.39 is 0 Å². The van der Waals surface area contributed by atoms with Crippen molar-refractivity contribution in [2.24, 2.45) is 0 Å². The molecule has 0 aliphatic heterocycles. The Hall–Kier alpha value is -1.68. The molecule has 4 nitrogen and oxygen atoms in total. The van der Waals surface area contributed by atoms with Crippen molar-refractivity contribution in [1.29, 1.82) is 0 Å². The van der Waals surface area contributed by atoms with Gasteiger partial charge in [0.15, 0.2) is 0 Å². The number of ketones is 1. The molecule has 0 spiro atoms. The summed E-state index contributed by atoms with van der Waals surface area (Å²) < 4.78 is 0. The molecule has 0 aliphatic carbocycles. The van der Waals surface area contributed by atoms with E-state index in [2.05, 4.69) is 10.3 Å². The highest BCUT2D eigenvalue weighted by Crippen LogP contribution is 2.07. The maximum atomic E-state index is 11.3. The average molecular weight is 221 g/mol. The van der Waals surface area contributed by atoms with Crippen LogP contribution in [0.5, 0.6) is 0 Å². The molecular formula is C12H15NO3. The van der Waals surface area contributed by atoms with Gasteiger partial charge in [0.25, 0.3) is 5.91 Å². The van der Waals surface area contributed by atoms with Crippen molar-refractivity contribution >= 4 is 11.7 Å². The predicted octanol–water partition coefficient (Wildman–Crippen LogP) is 1.50. The smallest absolute Gasteiger partial charge is 0.274 e. The van der Waals surface area contributed by atoms with E-state index in [-0.39, 0.29) is 11.7 Å². The molecule has 0 saturated carbocycles. The number of hydroxylamine groups is 1. The fourth-order valence-electron chi connectivity index (χ4n) is 1.29. The number of benzene rings is 1. The van der Waals surface area contributed by atoms with Crippen molar-refractivity contribution in [3.05, 3.63) is 35.4 Å². The minimum Gasteiger partial charge on any atom is -0.300 e. The number of Topliss-reactive ketones (excluding diaryl/α,β-unsaturated/α-hetero) is 1. The van der Waals surface area contributed by atoms with Crippen LogP contribution in [0.3, 0.4) is 0 Å². The van der Waals surface area contributed by atoms with Crippen LogP contribution >= 0.6 is 0 Å². The lowest BCUT2D eigenvalue weighted by Crippen LogP contribution is -2.21. The normalized spacial score (nSPS) is 9.88. The van der Waals surface area contributed by atoms with E-state index in [0.29, 0.717) is 18.4 Å². The molecular weight excluding hydrogens is 206 g/mol. The molecule has 0 aromatic heterocycles. The molecule has 86 valence electrons. The van der Waals surface area contributed by atoms with Gasteiger partial charge in [0.05, 0.1) is 7.11 Å². The van der Waals surface area contributed by atoms with E-state index in [4.69, 9.17) is 0 Å². The molecule has 16 heavy (non-hydrogen) atoms. The van der Waals surface area contributed by atoms with Gasteiger partial charge in [-0.05, 0) is 31.0 Å². The first-order valence-corrected chi connectivity index (χ1v) is 5.05. The third kappa shape index (κ3) is 3.82. The summed E-state index contributed by atoms with van der Waals surface area (Å²) >= 11 is 0. The molecule has 4 heteroatoms. The van der Waals surface area contributed by atoms with E-state index in [1.165, 1.54) is 7.11 Å². The number of hydrogen-bond acceptors (Lipinski definition) is 3. The zero-order valence-electron chi connectivity index (χ0n) is 9.45. The van der Waals surface area contributed by atoms with Crippen LogP contribution in [0.4, 0.5) is 0 Å². The highest BCUT2D eigenvalue weighted by molar-refractivity contribution is 5.93. The summed E-state index contributed by atoms with van der Waals surface area (Å²) in [6.45, 7) is 1.57. The second-order valence-electron chi connectivity index (χ2n) is 3.53. The lowest BCUT2D eigenvalue weighted by atomic mass is 10.1. The molecule has 1 aromatic carbocycles. The van der Waals surface area contributed by atoms with Gasteiger partial charge >= 0.3 is 0 Å². The lowest BCUT2D eigenvalue weighted by Gasteiger charge is -2.03. The van der Waals surface area contributed by atoms with Crippen LogP contribution in [0.25, 0.3) is 0 Å². The van der Waals surface area contributed by atoms with Crippen molar-refractivity contribution in [3.63, 3.8) is 0 Å². The fourth-order valence-corrected chi connectivity index (χ4v) is 1.29. The Bertz CT molecular complexity index is 370. The van der Waals surface area contributed by atoms with Crippen LogP contribution in [0, 0.1) is 0 Å². The number of aryl methyl sites for hydroxylation is 1. The SMILES string of the molecule is CONC(=O)c1ccc(CCC(C)=O)cc1. The average Bonchev–Trinajstić information content (AvgIpc) is 2.27. The van der Waals surface area contributed by atoms with Crippen molar-refractivity contribution in [3.8, 4) is 0 Å². The lowest BCUT2D eigenvalue weighted by molar-refractivity contribution is -0.116. The van der Waals surface area contributed by atoms with Crippen molar-refractivity contribution in [2.75, 3.05) is 7.11 Å². The van der Waals surface area contributed by atoms with E-state index in [1.54, 1.807) is 19.1 Å². The molecule has 0 unspecified atom stereocenters. The summed E-state index contributed by atoms with van der Waals surface area (Å²) in [4.78, 5) is 26.7. The van der Waals surface area contributed by atoms with Gasteiger partial charge < -0.3 is 4.79 Å². The molecule has 1 aromatic rings. The molecule has 1 amide bonds. The fraction of sp³-hybridized carbons (Fsp3) is 0.333. The molecule has 0 fully saturated rings. The standard InChI is InChI=1S/C12H15NO3/c1-9(14)3-4-10-5-7-11(8-6-10)12(15)13-16-2/h5-8H,3-4H2,1-2H3,(H,13,15). The Balaban J connectivity index is 2.60. The number of amides is 1. The summed E-state index contributed by atoms with van der Waals surface area (Å²) in [7, 11) is 1.39. The largest absolute Gasteiger partial charge is 0.300 e. The highest BCUT2D eigenvalue weighted by Gasteiger charge is 2.04. The zero-order chi connectivity index (χ0) is 12.0. The van der Waals surface area contributed by atoms with Crippen LogP contribution in [0.1, 0.15) is 29.3 Å². The minimum atomic E-state index is -0.277. The van der Waals surface area contributed by atoms with Gasteiger partial charge in [-0.1, -0.05) is 12.1 Å². The number of nitrogens with one attached hydrogen (secondary N) is 1. The van der Waals surface area contributed by atoms with Gasteiger partial charge in [-0.15, -0.1) is 0 Å². The Morgan fingerprint density at radius 2 is 1.88 bits per heavy atom. The van der Waals surface area contributed by atoms with Crippen LogP contribution in [-0.2, 0) is 16.1 Å². The van der Waals surface area contributed by atoms with Crippen molar-refractivity contribution in [1.82, 2.24) is 5.48 Å². The first kappa shape index (κ1) is 12.4. The van der Waals surface area contributed by atoms with Crippen LogP contribution in [0.15, 0.2) is 24.3 Å². The van der Waals surface area contributed by atoms with Crippen LogP contribution < -0.4 is 5.48 Å². The molecule has 0 aliphatic rings. The summed E-state index contributed by atoms with van der Waals surface area (Å²) in [5.41, 5.74) is 3.82. The van der Waals surface area contributed by atoms with Crippen molar-refractivity contribution in [2.45, 2.75) is 19.8 Å². The second-order valence-corrected chi connectivity index (χ2v) is 3.53. The van der Waals surface area contributed by atoms with Crippen molar-refractivity contribution < 1.29 is 14.4 Å². The van der Waals surface area contributed by atoms with Gasteiger partial charge in [0.1, 0.15) is 5.78 Å². The minimum absolute atomic E-state index is 0.168. The quantitative estimate of drug-likeness (QED) is 0.766. The number of rotatable bonds is 5. The van der Waals surface area contributed by atoms with E-state index in [9.17, 15) is 9.59 Å². The van der Waals surface area contributed by atoms with Gasteiger partial charge in [0, 0.05) is 12.0 Å². The maximum absolute atomic E-state index is 11.3.